The molecule has 30 heavy (non-hydrogen) atoms. The number of nitrogens with one attached hydrogen (secondary N) is 3. The molecule has 1 amide bonds. The van der Waals surface area contributed by atoms with E-state index in [1.54, 1.807) is 32.0 Å². The highest BCUT2D eigenvalue weighted by Crippen LogP contribution is 2.32. The summed E-state index contributed by atoms with van der Waals surface area (Å²) in [6.45, 7) is 5.17. The molecule has 2 heterocycles. The van der Waals surface area contributed by atoms with E-state index in [-0.39, 0.29) is 22.8 Å². The monoisotopic (exact) mass is 437 g/mol. The minimum absolute atomic E-state index is 0.0749. The molecule has 0 unspecified atom stereocenters. The largest absolute Gasteiger partial charge is 0.486 e. The summed E-state index contributed by atoms with van der Waals surface area (Å²) in [5.41, 5.74) is 1.00. The number of aromatic nitrogens is 1. The number of esters is 1. The van der Waals surface area contributed by atoms with Crippen LogP contribution in [0.15, 0.2) is 23.1 Å². The second-order valence-corrected chi connectivity index (χ2v) is 8.23. The van der Waals surface area contributed by atoms with Crippen molar-refractivity contribution in [2.24, 2.45) is 0 Å². The number of fused-ring (bicyclic) bond motifs is 1. The maximum Gasteiger partial charge on any atom is 0.341 e. The summed E-state index contributed by atoms with van der Waals surface area (Å²) in [6, 6.07) is 4.88. The van der Waals surface area contributed by atoms with Gasteiger partial charge in [-0.2, -0.15) is 0 Å². The molecule has 0 saturated carbocycles. The molecular formula is C19H23N3O7S. The zero-order valence-corrected chi connectivity index (χ0v) is 17.6. The average Bonchev–Trinajstić information content (AvgIpc) is 3.01. The molecule has 0 aliphatic carbocycles. The third kappa shape index (κ3) is 4.57. The van der Waals surface area contributed by atoms with Crippen LogP contribution in [0.1, 0.15) is 28.7 Å². The summed E-state index contributed by atoms with van der Waals surface area (Å²) < 4.78 is 43.6. The molecule has 1 aromatic carbocycles. The van der Waals surface area contributed by atoms with Crippen molar-refractivity contribution in [3.8, 4) is 11.5 Å². The van der Waals surface area contributed by atoms with Gasteiger partial charge in [-0.15, -0.1) is 0 Å². The number of aromatic amines is 1. The highest BCUT2D eigenvalue weighted by Gasteiger charge is 2.30. The first-order valence-corrected chi connectivity index (χ1v) is 10.8. The number of anilines is 1. The van der Waals surface area contributed by atoms with Gasteiger partial charge in [-0.3, -0.25) is 4.79 Å². The Hall–Kier alpha value is -3.05. The van der Waals surface area contributed by atoms with Gasteiger partial charge in [0.05, 0.1) is 13.2 Å². The number of benzene rings is 1. The first kappa shape index (κ1) is 21.7. The number of ether oxygens (including phenoxy) is 3. The number of carbonyl (C=O) groups is 2. The van der Waals surface area contributed by atoms with Crippen molar-refractivity contribution >= 4 is 27.6 Å². The van der Waals surface area contributed by atoms with E-state index in [0.717, 1.165) is 0 Å². The van der Waals surface area contributed by atoms with Gasteiger partial charge in [0.25, 0.3) is 0 Å². The SMILES string of the molecule is CCOC(=O)c1c(C)[nH]c(C)c1S(=O)(=O)NCC(=O)Nc1ccc2c(c1)OCCO2. The number of hydrogen-bond donors (Lipinski definition) is 3. The van der Waals surface area contributed by atoms with Crippen LogP contribution in [0, 0.1) is 13.8 Å². The number of rotatable bonds is 7. The van der Waals surface area contributed by atoms with Crippen LogP contribution in [0.25, 0.3) is 0 Å². The Morgan fingerprint density at radius 3 is 2.53 bits per heavy atom. The van der Waals surface area contributed by atoms with Crippen LogP contribution < -0.4 is 19.5 Å². The van der Waals surface area contributed by atoms with Crippen LogP contribution in [0.4, 0.5) is 5.69 Å². The second-order valence-electron chi connectivity index (χ2n) is 6.53. The van der Waals surface area contributed by atoms with Gasteiger partial charge in [0.2, 0.25) is 15.9 Å². The maximum absolute atomic E-state index is 12.8. The summed E-state index contributed by atoms with van der Waals surface area (Å²) in [5, 5.41) is 2.59. The van der Waals surface area contributed by atoms with Crippen LogP contribution in [0.2, 0.25) is 0 Å². The molecule has 0 fully saturated rings. The van der Waals surface area contributed by atoms with Crippen LogP contribution in [0.3, 0.4) is 0 Å². The molecule has 1 aromatic heterocycles. The first-order valence-electron chi connectivity index (χ1n) is 9.28. The Morgan fingerprint density at radius 1 is 1.13 bits per heavy atom. The van der Waals surface area contributed by atoms with E-state index in [1.165, 1.54) is 6.92 Å². The molecule has 2 aromatic rings. The fourth-order valence-electron chi connectivity index (χ4n) is 3.10. The van der Waals surface area contributed by atoms with Crippen LogP contribution in [-0.2, 0) is 19.6 Å². The molecule has 0 saturated heterocycles. The fourth-order valence-corrected chi connectivity index (χ4v) is 4.53. The molecule has 0 bridgehead atoms. The number of aryl methyl sites for hydroxylation is 2. The molecule has 3 N–H and O–H groups in total. The molecule has 3 rings (SSSR count). The maximum atomic E-state index is 12.8. The lowest BCUT2D eigenvalue weighted by atomic mass is 10.2. The highest BCUT2D eigenvalue weighted by atomic mass is 32.2. The van der Waals surface area contributed by atoms with Crippen LogP contribution in [-0.4, -0.2) is 51.6 Å². The Labute approximate surface area is 174 Å². The summed E-state index contributed by atoms with van der Waals surface area (Å²) >= 11 is 0. The van der Waals surface area contributed by atoms with Crippen molar-refractivity contribution in [2.75, 3.05) is 31.7 Å². The van der Waals surface area contributed by atoms with Gasteiger partial charge >= 0.3 is 5.97 Å². The summed E-state index contributed by atoms with van der Waals surface area (Å²) in [4.78, 5) is 27.1. The number of H-pyrrole nitrogens is 1. The molecule has 10 nitrogen and oxygen atoms in total. The minimum atomic E-state index is -4.15. The van der Waals surface area contributed by atoms with Gasteiger partial charge in [-0.1, -0.05) is 0 Å². The molecule has 0 atom stereocenters. The number of amides is 1. The lowest BCUT2D eigenvalue weighted by molar-refractivity contribution is -0.115. The zero-order valence-electron chi connectivity index (χ0n) is 16.8. The fraction of sp³-hybridized carbons (Fsp3) is 0.368. The number of sulfonamides is 1. The van der Waals surface area contributed by atoms with Gasteiger partial charge in [-0.05, 0) is 32.9 Å². The van der Waals surface area contributed by atoms with Crippen LogP contribution in [0.5, 0.6) is 11.5 Å². The van der Waals surface area contributed by atoms with Crippen molar-refractivity contribution in [3.63, 3.8) is 0 Å². The predicted molar refractivity (Wildman–Crippen MR) is 107 cm³/mol. The third-order valence-electron chi connectivity index (χ3n) is 4.31. The van der Waals surface area contributed by atoms with Gasteiger partial charge in [0.1, 0.15) is 23.7 Å². The Bertz CT molecular complexity index is 1080. The quantitative estimate of drug-likeness (QED) is 0.559. The minimum Gasteiger partial charge on any atom is -0.486 e. The normalized spacial score (nSPS) is 13.0. The standard InChI is InChI=1S/C19H23N3O7S/c1-4-27-19(24)17-11(2)21-12(3)18(17)30(25,26)20-10-16(23)22-13-5-6-14-15(9-13)29-8-7-28-14/h5-6,9,20-21H,4,7-8,10H2,1-3H3,(H,22,23). The second kappa shape index (κ2) is 8.76. The van der Waals surface area contributed by atoms with E-state index < -0.39 is 28.4 Å². The van der Waals surface area contributed by atoms with E-state index in [2.05, 4.69) is 15.0 Å². The summed E-state index contributed by atoms with van der Waals surface area (Å²) in [5.74, 6) is -0.264. The van der Waals surface area contributed by atoms with E-state index in [4.69, 9.17) is 14.2 Å². The first-order chi connectivity index (χ1) is 14.2. The van der Waals surface area contributed by atoms with E-state index in [9.17, 15) is 18.0 Å². The highest BCUT2D eigenvalue weighted by molar-refractivity contribution is 7.89. The van der Waals surface area contributed by atoms with E-state index >= 15 is 0 Å². The molecule has 162 valence electrons. The van der Waals surface area contributed by atoms with Crippen molar-refractivity contribution in [2.45, 2.75) is 25.7 Å². The third-order valence-corrected chi connectivity index (χ3v) is 5.89. The zero-order chi connectivity index (χ0) is 21.9. The lowest BCUT2D eigenvalue weighted by Gasteiger charge is -2.19. The average molecular weight is 437 g/mol. The van der Waals surface area contributed by atoms with Crippen molar-refractivity contribution in [3.05, 3.63) is 35.2 Å². The molecule has 1 aliphatic rings. The topological polar surface area (TPSA) is 136 Å². The van der Waals surface area contributed by atoms with Gasteiger partial charge in [-0.25, -0.2) is 17.9 Å². The molecule has 11 heteroatoms. The molecular weight excluding hydrogens is 414 g/mol. The van der Waals surface area contributed by atoms with E-state index in [0.29, 0.717) is 36.1 Å². The Balaban J connectivity index is 1.71. The van der Waals surface area contributed by atoms with Crippen molar-refractivity contribution in [1.82, 2.24) is 9.71 Å². The van der Waals surface area contributed by atoms with Crippen molar-refractivity contribution < 1.29 is 32.2 Å². The smallest absolute Gasteiger partial charge is 0.341 e. The summed E-state index contributed by atoms with van der Waals surface area (Å²) in [7, 11) is -4.15. The van der Waals surface area contributed by atoms with Gasteiger partial charge in [0.15, 0.2) is 11.5 Å². The van der Waals surface area contributed by atoms with Gasteiger partial charge in [0, 0.05) is 23.1 Å². The molecule has 0 spiro atoms. The van der Waals surface area contributed by atoms with Gasteiger partial charge < -0.3 is 24.5 Å². The lowest BCUT2D eigenvalue weighted by Crippen LogP contribution is -2.34. The van der Waals surface area contributed by atoms with Crippen molar-refractivity contribution in [1.29, 1.82) is 0 Å². The number of hydrogen-bond acceptors (Lipinski definition) is 7. The number of carbonyl (C=O) groups excluding carboxylic acids is 2. The molecule has 0 radical (unpaired) electrons. The predicted octanol–water partition coefficient (Wildman–Crippen LogP) is 1.50. The summed E-state index contributed by atoms with van der Waals surface area (Å²) in [6.07, 6.45) is 0. The Morgan fingerprint density at radius 2 is 1.83 bits per heavy atom. The van der Waals surface area contributed by atoms with Crippen LogP contribution >= 0.6 is 0 Å². The Kier molecular flexibility index (Phi) is 6.32. The van der Waals surface area contributed by atoms with E-state index in [1.807, 2.05) is 0 Å². The molecule has 1 aliphatic heterocycles.